The van der Waals surface area contributed by atoms with Gasteiger partial charge in [-0.15, -0.1) is 0 Å². The van der Waals surface area contributed by atoms with Crippen LogP contribution < -0.4 is 5.32 Å². The molecule has 1 aromatic rings. The van der Waals surface area contributed by atoms with Crippen LogP contribution in [-0.2, 0) is 22.2 Å². The monoisotopic (exact) mass is 553 g/mol. The predicted octanol–water partition coefficient (Wildman–Crippen LogP) is 5.39. The van der Waals surface area contributed by atoms with Crippen molar-refractivity contribution in [2.75, 3.05) is 39.4 Å². The molecule has 1 aromatic carbocycles. The van der Waals surface area contributed by atoms with E-state index in [1.54, 1.807) is 12.1 Å². The maximum absolute atomic E-state index is 12.8. The predicted molar refractivity (Wildman–Crippen MR) is 142 cm³/mol. The van der Waals surface area contributed by atoms with Crippen molar-refractivity contribution < 1.29 is 27.4 Å². The molecule has 3 heterocycles. The van der Waals surface area contributed by atoms with Gasteiger partial charge in [0, 0.05) is 64.2 Å². The molecule has 1 aliphatic carbocycles. The molecule has 0 radical (unpaired) electrons. The van der Waals surface area contributed by atoms with Crippen LogP contribution in [0.15, 0.2) is 24.3 Å². The summed E-state index contributed by atoms with van der Waals surface area (Å²) in [7, 11) is 0. The zero-order chi connectivity index (χ0) is 26.8. The third-order valence-electron chi connectivity index (χ3n) is 8.76. The first-order chi connectivity index (χ1) is 18.2. The normalized spacial score (nSPS) is 26.9. The lowest BCUT2D eigenvalue weighted by molar-refractivity contribution is -0.137. The molecule has 6 nitrogen and oxygen atoms in total. The Morgan fingerprint density at radius 3 is 2.32 bits per heavy atom. The number of nitrogens with zero attached hydrogens (tertiary/aromatic N) is 2. The fourth-order valence-electron chi connectivity index (χ4n) is 6.35. The van der Waals surface area contributed by atoms with E-state index in [2.05, 4.69) is 10.2 Å². The van der Waals surface area contributed by atoms with Gasteiger partial charge in [-0.2, -0.15) is 13.2 Å². The second-order valence-corrected chi connectivity index (χ2v) is 12.0. The molecular weight excluding hydrogens is 515 g/mol. The van der Waals surface area contributed by atoms with Gasteiger partial charge >= 0.3 is 12.3 Å². The van der Waals surface area contributed by atoms with E-state index in [0.29, 0.717) is 31.0 Å². The summed E-state index contributed by atoms with van der Waals surface area (Å²) >= 11 is 5.72. The van der Waals surface area contributed by atoms with Crippen molar-refractivity contribution in [1.29, 1.82) is 0 Å². The molecule has 1 spiro atoms. The molecule has 38 heavy (non-hydrogen) atoms. The molecule has 1 saturated carbocycles. The summed E-state index contributed by atoms with van der Waals surface area (Å²) in [5.41, 5.74) is -0.211. The minimum absolute atomic E-state index is 0.208. The minimum Gasteiger partial charge on any atom is -0.441 e. The fraction of sp³-hybridized carbons (Fsp3) is 0.714. The van der Waals surface area contributed by atoms with E-state index in [-0.39, 0.29) is 6.09 Å². The Kier molecular flexibility index (Phi) is 8.50. The van der Waals surface area contributed by atoms with Crippen molar-refractivity contribution in [2.45, 2.75) is 75.7 Å². The van der Waals surface area contributed by atoms with Crippen LogP contribution in [0.3, 0.4) is 0 Å². The number of nitrogens with one attached hydrogen (secondary N) is 1. The Bertz CT molecular complexity index is 968. The second-order valence-electron chi connectivity index (χ2n) is 11.5. The molecule has 0 atom stereocenters. The van der Waals surface area contributed by atoms with Crippen LogP contribution in [0.4, 0.5) is 18.0 Å². The van der Waals surface area contributed by atoms with E-state index >= 15 is 0 Å². The molecule has 0 unspecified atom stereocenters. The third-order valence-corrected chi connectivity index (χ3v) is 9.21. The summed E-state index contributed by atoms with van der Waals surface area (Å²) in [6.45, 7) is 5.08. The smallest absolute Gasteiger partial charge is 0.416 e. The lowest BCUT2D eigenvalue weighted by atomic mass is 9.81. The molecule has 4 fully saturated rings. The van der Waals surface area contributed by atoms with Gasteiger partial charge in [0.2, 0.25) is 0 Å². The quantitative estimate of drug-likeness (QED) is 0.477. The molecule has 0 aromatic heterocycles. The zero-order valence-electron chi connectivity index (χ0n) is 21.8. The molecule has 4 aliphatic rings. The number of likely N-dealkylation sites (tertiary alicyclic amines) is 1. The summed E-state index contributed by atoms with van der Waals surface area (Å²) in [6, 6.07) is 5.81. The van der Waals surface area contributed by atoms with Crippen molar-refractivity contribution in [2.24, 2.45) is 11.8 Å². The van der Waals surface area contributed by atoms with Crippen LogP contribution in [0, 0.1) is 11.8 Å². The van der Waals surface area contributed by atoms with Crippen molar-refractivity contribution in [3.63, 3.8) is 0 Å². The van der Waals surface area contributed by atoms with Crippen molar-refractivity contribution in [3.05, 3.63) is 35.4 Å². The summed E-state index contributed by atoms with van der Waals surface area (Å²) in [5.74, 6) is 0.898. The maximum atomic E-state index is 12.8. The first-order valence-corrected chi connectivity index (χ1v) is 14.3. The van der Waals surface area contributed by atoms with Gasteiger partial charge in [0.05, 0.1) is 17.1 Å². The van der Waals surface area contributed by atoms with E-state index in [9.17, 15) is 18.0 Å². The van der Waals surface area contributed by atoms with Crippen LogP contribution in [0.5, 0.6) is 0 Å². The molecule has 10 heteroatoms. The lowest BCUT2D eigenvalue weighted by Gasteiger charge is -2.37. The van der Waals surface area contributed by atoms with Gasteiger partial charge in [0.15, 0.2) is 0 Å². The topological polar surface area (TPSA) is 54.0 Å². The van der Waals surface area contributed by atoms with Crippen molar-refractivity contribution >= 4 is 23.3 Å². The maximum Gasteiger partial charge on any atom is 0.416 e. The lowest BCUT2D eigenvalue weighted by Crippen LogP contribution is -2.47. The number of amides is 1. The number of carbonyl (C=O) groups excluding carboxylic acids is 1. The number of hydrogen-bond acceptors (Lipinski definition) is 5. The number of rotatable bonds is 6. The molecule has 1 N–H and O–H groups in total. The van der Waals surface area contributed by atoms with Gasteiger partial charge in [-0.3, -0.25) is 4.90 Å². The van der Waals surface area contributed by atoms with Crippen molar-refractivity contribution in [3.8, 4) is 0 Å². The fourth-order valence-corrected chi connectivity index (χ4v) is 6.75. The summed E-state index contributed by atoms with van der Waals surface area (Å²) < 4.78 is 49.8. The van der Waals surface area contributed by atoms with Crippen LogP contribution in [0.2, 0.25) is 0 Å². The number of hydrogen-bond donors (Lipinski definition) is 1. The zero-order valence-corrected chi connectivity index (χ0v) is 22.6. The minimum atomic E-state index is -4.32. The first-order valence-electron chi connectivity index (χ1n) is 13.9. The van der Waals surface area contributed by atoms with E-state index in [4.69, 9.17) is 21.7 Å². The van der Waals surface area contributed by atoms with Crippen molar-refractivity contribution in [1.82, 2.24) is 15.1 Å². The molecule has 210 valence electrons. The number of thiocarbonyl (C=S) groups is 1. The highest BCUT2D eigenvalue weighted by molar-refractivity contribution is 7.80. The van der Waals surface area contributed by atoms with Crippen LogP contribution in [0.1, 0.15) is 62.5 Å². The van der Waals surface area contributed by atoms with E-state index in [1.807, 2.05) is 4.90 Å². The van der Waals surface area contributed by atoms with Crippen LogP contribution in [-0.4, -0.2) is 71.9 Å². The van der Waals surface area contributed by atoms with Crippen LogP contribution in [0.25, 0.3) is 0 Å². The Labute approximate surface area is 228 Å². The van der Waals surface area contributed by atoms with Gasteiger partial charge < -0.3 is 19.7 Å². The average Bonchev–Trinajstić information content (AvgIpc) is 3.20. The Morgan fingerprint density at radius 1 is 1.03 bits per heavy atom. The molecule has 1 amide bonds. The second kappa shape index (κ2) is 11.7. The summed E-state index contributed by atoms with van der Waals surface area (Å²) in [4.78, 5) is 17.9. The number of halogens is 3. The highest BCUT2D eigenvalue weighted by Crippen LogP contribution is 2.37. The number of alkyl halides is 3. The largest absolute Gasteiger partial charge is 0.441 e. The Hall–Kier alpha value is -1.91. The van der Waals surface area contributed by atoms with Crippen LogP contribution >= 0.6 is 12.2 Å². The van der Waals surface area contributed by atoms with E-state index < -0.39 is 17.3 Å². The molecule has 3 saturated heterocycles. The highest BCUT2D eigenvalue weighted by Gasteiger charge is 2.47. The average molecular weight is 554 g/mol. The van der Waals surface area contributed by atoms with Gasteiger partial charge in [-0.05, 0) is 62.1 Å². The Morgan fingerprint density at radius 2 is 1.68 bits per heavy atom. The summed E-state index contributed by atoms with van der Waals surface area (Å²) in [5, 5.41) is 3.57. The van der Waals surface area contributed by atoms with Gasteiger partial charge in [0.1, 0.15) is 5.60 Å². The Balaban J connectivity index is 1.04. The SMILES string of the molecule is O=C1OC2(CCN(Cc3ccc(C(F)(F)F)cc3)CC2)CN1CC1CCC(C(=S)NC2CCOCC2)CC1. The standard InChI is InChI=1S/C28H38F3N3O3S/c29-28(30,31)23-7-3-20(4-8-23)17-33-13-11-27(12-14-33)19-34(26(35)37-27)18-21-1-5-22(6-2-21)25(38)32-24-9-15-36-16-10-24/h3-4,7-8,21-22,24H,1-2,5-6,9-19H2,(H,32,38). The molecular formula is C28H38F3N3O3S. The molecule has 5 rings (SSSR count). The van der Waals surface area contributed by atoms with Gasteiger partial charge in [-0.25, -0.2) is 4.79 Å². The molecule has 3 aliphatic heterocycles. The molecule has 0 bridgehead atoms. The highest BCUT2D eigenvalue weighted by atomic mass is 32.1. The summed E-state index contributed by atoms with van der Waals surface area (Å²) in [6.07, 6.45) is 3.25. The van der Waals surface area contributed by atoms with Gasteiger partial charge in [0.25, 0.3) is 0 Å². The first kappa shape index (κ1) is 27.6. The number of carbonyl (C=O) groups is 1. The third kappa shape index (κ3) is 6.80. The number of piperidine rings is 1. The number of ether oxygens (including phenoxy) is 2. The number of benzene rings is 1. The van der Waals surface area contributed by atoms with Gasteiger partial charge in [-0.1, -0.05) is 24.4 Å². The van der Waals surface area contributed by atoms with E-state index in [1.165, 1.54) is 0 Å². The van der Waals surface area contributed by atoms with E-state index in [0.717, 1.165) is 107 Å².